The topological polar surface area (TPSA) is 96.7 Å². The average Bonchev–Trinajstić information content (AvgIpc) is 2.97. The summed E-state index contributed by atoms with van der Waals surface area (Å²) in [4.78, 5) is 4.05. The molecular formula is C14H18N4O2. The van der Waals surface area contributed by atoms with Crippen LogP contribution in [0.25, 0.3) is 0 Å². The van der Waals surface area contributed by atoms with Crippen LogP contribution < -0.4 is 5.73 Å². The Labute approximate surface area is 117 Å². The molecule has 6 nitrogen and oxygen atoms in total. The highest BCUT2D eigenvalue weighted by atomic mass is 16.4. The second-order valence-electron chi connectivity index (χ2n) is 4.94. The van der Waals surface area contributed by atoms with Crippen molar-refractivity contribution in [3.63, 3.8) is 0 Å². The van der Waals surface area contributed by atoms with Crippen LogP contribution in [0.4, 0.5) is 0 Å². The van der Waals surface area contributed by atoms with E-state index in [1.807, 2.05) is 0 Å². The molecule has 0 amide bonds. The van der Waals surface area contributed by atoms with Gasteiger partial charge in [0.2, 0.25) is 0 Å². The van der Waals surface area contributed by atoms with Crippen LogP contribution in [-0.4, -0.2) is 31.1 Å². The van der Waals surface area contributed by atoms with Crippen LogP contribution in [0.15, 0.2) is 29.7 Å². The van der Waals surface area contributed by atoms with Gasteiger partial charge in [0.15, 0.2) is 0 Å². The molecule has 1 fully saturated rings. The number of rotatable bonds is 4. The van der Waals surface area contributed by atoms with Gasteiger partial charge < -0.3 is 20.6 Å². The maximum atomic E-state index is 9.55. The quantitative estimate of drug-likeness (QED) is 0.328. The number of nitrogens with two attached hydrogens (primary N) is 1. The Balaban J connectivity index is 2.00. The minimum Gasteiger partial charge on any atom is -0.411 e. The molecule has 1 atom stereocenters. The first kappa shape index (κ1) is 14.3. The second-order valence-corrected chi connectivity index (χ2v) is 4.94. The number of nitrogens with zero attached hydrogens (tertiary/aromatic N) is 3. The lowest BCUT2D eigenvalue weighted by Crippen LogP contribution is -2.18. The number of aromatic nitrogens is 2. The third-order valence-electron chi connectivity index (χ3n) is 3.05. The van der Waals surface area contributed by atoms with E-state index in [4.69, 9.17) is 10.9 Å². The molecule has 1 aromatic heterocycles. The van der Waals surface area contributed by atoms with Gasteiger partial charge in [-0.1, -0.05) is 17.0 Å². The predicted molar refractivity (Wildman–Crippen MR) is 75.2 cm³/mol. The van der Waals surface area contributed by atoms with Gasteiger partial charge in [0.25, 0.3) is 0 Å². The smallest absolute Gasteiger partial charge is 0.137 e. The molecule has 1 aliphatic carbocycles. The molecule has 106 valence electrons. The lowest BCUT2D eigenvalue weighted by molar-refractivity contribution is 0.185. The number of aliphatic hydroxyl groups excluding tert-OH is 1. The molecule has 1 unspecified atom stereocenters. The molecule has 0 bridgehead atoms. The largest absolute Gasteiger partial charge is 0.411 e. The summed E-state index contributed by atoms with van der Waals surface area (Å²) >= 11 is 0. The summed E-state index contributed by atoms with van der Waals surface area (Å²) in [5, 5.41) is 21.8. The fraction of sp³-hybridized carbons (Fsp3) is 0.429. The molecule has 0 aromatic carbocycles. The van der Waals surface area contributed by atoms with Crippen LogP contribution in [0, 0.1) is 11.8 Å². The molecule has 0 saturated heterocycles. The van der Waals surface area contributed by atoms with E-state index >= 15 is 0 Å². The number of hydrogen-bond donors (Lipinski definition) is 3. The van der Waals surface area contributed by atoms with Crippen molar-refractivity contribution < 1.29 is 10.3 Å². The van der Waals surface area contributed by atoms with Gasteiger partial charge in [0.1, 0.15) is 11.9 Å². The van der Waals surface area contributed by atoms with Gasteiger partial charge in [-0.05, 0) is 31.9 Å². The molecule has 1 saturated carbocycles. The van der Waals surface area contributed by atoms with Crippen molar-refractivity contribution in [2.75, 3.05) is 0 Å². The van der Waals surface area contributed by atoms with E-state index in [-0.39, 0.29) is 5.54 Å². The fourth-order valence-electron chi connectivity index (χ4n) is 1.70. The summed E-state index contributed by atoms with van der Waals surface area (Å²) in [6.07, 6.45) is 7.72. The first-order valence-corrected chi connectivity index (χ1v) is 6.42. The molecule has 2 rings (SSSR count). The van der Waals surface area contributed by atoms with E-state index in [0.717, 1.165) is 12.8 Å². The van der Waals surface area contributed by atoms with E-state index in [9.17, 15) is 5.11 Å². The first-order chi connectivity index (χ1) is 9.54. The maximum absolute atomic E-state index is 9.55. The van der Waals surface area contributed by atoms with E-state index in [1.54, 1.807) is 36.0 Å². The van der Waals surface area contributed by atoms with E-state index in [0.29, 0.717) is 18.1 Å². The monoisotopic (exact) mass is 274 g/mol. The first-order valence-electron chi connectivity index (χ1n) is 6.42. The van der Waals surface area contributed by atoms with Crippen LogP contribution in [0.2, 0.25) is 0 Å². The molecule has 1 heterocycles. The Morgan fingerprint density at radius 2 is 2.45 bits per heavy atom. The Bertz CT molecular complexity index is 586. The zero-order chi connectivity index (χ0) is 14.6. The van der Waals surface area contributed by atoms with Crippen LogP contribution in [-0.2, 0) is 6.54 Å². The van der Waals surface area contributed by atoms with Crippen LogP contribution in [0.5, 0.6) is 0 Å². The van der Waals surface area contributed by atoms with Gasteiger partial charge in [0.05, 0.1) is 17.8 Å². The van der Waals surface area contributed by atoms with Crippen LogP contribution in [0.1, 0.15) is 31.7 Å². The molecule has 0 radical (unpaired) electrons. The number of aliphatic hydroxyl groups is 1. The van der Waals surface area contributed by atoms with Crippen LogP contribution >= 0.6 is 0 Å². The molecule has 1 aliphatic rings. The molecule has 0 spiro atoms. The van der Waals surface area contributed by atoms with Crippen molar-refractivity contribution >= 4 is 5.71 Å². The Hall–Kier alpha value is -2.10. The molecular weight excluding hydrogens is 256 g/mol. The third-order valence-corrected chi connectivity index (χ3v) is 3.05. The SMILES string of the molecule is CC(O)c1nccn1CC(/C=C/C#CC1(N)CC1)=N/O. The minimum atomic E-state index is -0.680. The van der Waals surface area contributed by atoms with Gasteiger partial charge in [-0.2, -0.15) is 0 Å². The summed E-state index contributed by atoms with van der Waals surface area (Å²) in [7, 11) is 0. The third kappa shape index (κ3) is 3.70. The predicted octanol–water partition coefficient (Wildman–Crippen LogP) is 0.817. The van der Waals surface area contributed by atoms with E-state index in [1.165, 1.54) is 0 Å². The van der Waals surface area contributed by atoms with Gasteiger partial charge in [-0.15, -0.1) is 0 Å². The second kappa shape index (κ2) is 5.90. The fourth-order valence-corrected chi connectivity index (χ4v) is 1.70. The normalized spacial score (nSPS) is 18.6. The van der Waals surface area contributed by atoms with Crippen molar-refractivity contribution in [1.82, 2.24) is 9.55 Å². The highest BCUT2D eigenvalue weighted by Gasteiger charge is 2.35. The van der Waals surface area contributed by atoms with Crippen molar-refractivity contribution in [1.29, 1.82) is 0 Å². The maximum Gasteiger partial charge on any atom is 0.137 e. The summed E-state index contributed by atoms with van der Waals surface area (Å²) in [5.74, 6) is 6.31. The summed E-state index contributed by atoms with van der Waals surface area (Å²) in [5.41, 5.74) is 5.93. The number of hydrogen-bond acceptors (Lipinski definition) is 5. The Kier molecular flexibility index (Phi) is 4.23. The number of oxime groups is 1. The molecule has 0 aliphatic heterocycles. The Morgan fingerprint density at radius 3 is 3.05 bits per heavy atom. The van der Waals surface area contributed by atoms with Gasteiger partial charge in [0, 0.05) is 12.4 Å². The summed E-state index contributed by atoms with van der Waals surface area (Å²) in [6.45, 7) is 1.94. The summed E-state index contributed by atoms with van der Waals surface area (Å²) in [6, 6.07) is 0. The molecule has 1 aromatic rings. The van der Waals surface area contributed by atoms with Crippen molar-refractivity contribution in [2.45, 2.75) is 38.0 Å². The number of imidazole rings is 1. The minimum absolute atomic E-state index is 0.308. The summed E-state index contributed by atoms with van der Waals surface area (Å²) < 4.78 is 1.71. The Morgan fingerprint density at radius 1 is 1.70 bits per heavy atom. The highest BCUT2D eigenvalue weighted by Crippen LogP contribution is 2.30. The van der Waals surface area contributed by atoms with Gasteiger partial charge in [-0.3, -0.25) is 0 Å². The molecule has 20 heavy (non-hydrogen) atoms. The van der Waals surface area contributed by atoms with Gasteiger partial charge in [-0.25, -0.2) is 4.98 Å². The average molecular weight is 274 g/mol. The van der Waals surface area contributed by atoms with Crippen molar-refractivity contribution in [2.24, 2.45) is 10.9 Å². The lowest BCUT2D eigenvalue weighted by atomic mass is 10.2. The molecule has 6 heteroatoms. The van der Waals surface area contributed by atoms with E-state index < -0.39 is 6.10 Å². The zero-order valence-electron chi connectivity index (χ0n) is 11.3. The van der Waals surface area contributed by atoms with Crippen LogP contribution in [0.3, 0.4) is 0 Å². The highest BCUT2D eigenvalue weighted by molar-refractivity contribution is 5.94. The molecule has 4 N–H and O–H groups in total. The zero-order valence-corrected chi connectivity index (χ0v) is 11.3. The van der Waals surface area contributed by atoms with Gasteiger partial charge >= 0.3 is 0 Å². The van der Waals surface area contributed by atoms with E-state index in [2.05, 4.69) is 22.0 Å². The lowest BCUT2D eigenvalue weighted by Gasteiger charge is -2.08. The van der Waals surface area contributed by atoms with Crippen molar-refractivity contribution in [3.8, 4) is 11.8 Å². The number of allylic oxidation sites excluding steroid dienone is 2. The van der Waals surface area contributed by atoms with Crippen molar-refractivity contribution in [3.05, 3.63) is 30.4 Å². The standard InChI is InChI=1S/C14H18N4O2/c1-11(19)13-16-8-9-18(13)10-12(17-20)4-2-3-5-14(15)6-7-14/h2,4,8-9,11,19-20H,6-7,10,15H2,1H3/b4-2+,17-12+.